The molecule has 0 aromatic carbocycles. The minimum atomic E-state index is -1.24. The van der Waals surface area contributed by atoms with E-state index in [1.807, 2.05) is 12.2 Å². The van der Waals surface area contributed by atoms with Gasteiger partial charge in [0.15, 0.2) is 0 Å². The zero-order chi connectivity index (χ0) is 8.27. The van der Waals surface area contributed by atoms with Crippen LogP contribution in [-0.4, -0.2) is 17.2 Å². The highest BCUT2D eigenvalue weighted by atomic mass is 16.4. The van der Waals surface area contributed by atoms with Crippen LogP contribution in [0.3, 0.4) is 0 Å². The van der Waals surface area contributed by atoms with E-state index in [2.05, 4.69) is 6.58 Å². The van der Waals surface area contributed by atoms with Gasteiger partial charge in [-0.2, -0.15) is 0 Å². The molecule has 58 valence electrons. The summed E-state index contributed by atoms with van der Waals surface area (Å²) in [7, 11) is -1.24. The van der Waals surface area contributed by atoms with Gasteiger partial charge in [0.05, 0.1) is 0 Å². The van der Waals surface area contributed by atoms with Gasteiger partial charge in [0.25, 0.3) is 0 Å². The molecule has 2 N–H and O–H groups in total. The number of rotatable bonds is 2. The monoisotopic (exact) mass is 150 g/mol. The summed E-state index contributed by atoms with van der Waals surface area (Å²) in [4.78, 5) is 0. The lowest BCUT2D eigenvalue weighted by atomic mass is 9.69. The van der Waals surface area contributed by atoms with Crippen LogP contribution in [0.2, 0.25) is 5.82 Å². The first-order chi connectivity index (χ1) is 5.24. The third-order valence-electron chi connectivity index (χ3n) is 1.78. The molecule has 0 aliphatic heterocycles. The molecule has 1 aliphatic rings. The molecule has 0 amide bonds. The van der Waals surface area contributed by atoms with Crippen molar-refractivity contribution in [3.8, 4) is 0 Å². The van der Waals surface area contributed by atoms with E-state index in [1.54, 1.807) is 12.2 Å². The van der Waals surface area contributed by atoms with Gasteiger partial charge in [-0.05, 0) is 12.0 Å². The average Bonchev–Trinajstić information content (AvgIpc) is 2.05. The summed E-state index contributed by atoms with van der Waals surface area (Å²) in [5, 5.41) is 17.6. The average molecular weight is 150 g/mol. The lowest BCUT2D eigenvalue weighted by Gasteiger charge is -2.12. The van der Waals surface area contributed by atoms with Gasteiger partial charge in [-0.1, -0.05) is 30.9 Å². The largest absolute Gasteiger partial charge is 0.459 e. The van der Waals surface area contributed by atoms with E-state index in [-0.39, 0.29) is 5.82 Å². The van der Waals surface area contributed by atoms with E-state index in [1.165, 1.54) is 0 Å². The second-order valence-electron chi connectivity index (χ2n) is 2.58. The minimum Gasteiger partial charge on any atom is -0.427 e. The number of hydrogen-bond acceptors (Lipinski definition) is 2. The molecule has 0 saturated heterocycles. The van der Waals surface area contributed by atoms with Crippen LogP contribution in [-0.2, 0) is 0 Å². The molecule has 0 heterocycles. The van der Waals surface area contributed by atoms with Gasteiger partial charge < -0.3 is 10.0 Å². The van der Waals surface area contributed by atoms with E-state index in [0.717, 1.165) is 5.57 Å². The standard InChI is InChI=1S/C8H11BO2/c1-2-7-3-5-8(6-4-7)9(10)11/h2-5,8,10-11H,1,6H2. The lowest BCUT2D eigenvalue weighted by molar-refractivity contribution is 0.394. The predicted octanol–water partition coefficient (Wildman–Crippen LogP) is 0.902. The first-order valence-corrected chi connectivity index (χ1v) is 3.61. The molecule has 0 bridgehead atoms. The molecule has 1 unspecified atom stereocenters. The van der Waals surface area contributed by atoms with Gasteiger partial charge in [0, 0.05) is 5.82 Å². The van der Waals surface area contributed by atoms with Crippen molar-refractivity contribution < 1.29 is 10.0 Å². The van der Waals surface area contributed by atoms with Crippen LogP contribution < -0.4 is 0 Å². The van der Waals surface area contributed by atoms with Crippen molar-refractivity contribution in [3.63, 3.8) is 0 Å². The van der Waals surface area contributed by atoms with Crippen LogP contribution in [0.15, 0.2) is 36.5 Å². The van der Waals surface area contributed by atoms with E-state index < -0.39 is 7.12 Å². The summed E-state index contributed by atoms with van der Waals surface area (Å²) in [6.45, 7) is 3.61. The molecule has 0 saturated carbocycles. The van der Waals surface area contributed by atoms with Crippen LogP contribution >= 0.6 is 0 Å². The Balaban J connectivity index is 2.57. The van der Waals surface area contributed by atoms with E-state index in [9.17, 15) is 0 Å². The van der Waals surface area contributed by atoms with Crippen molar-refractivity contribution in [3.05, 3.63) is 36.5 Å². The fourth-order valence-corrected chi connectivity index (χ4v) is 1.03. The predicted molar refractivity (Wildman–Crippen MR) is 46.0 cm³/mol. The van der Waals surface area contributed by atoms with E-state index in [4.69, 9.17) is 10.0 Å². The van der Waals surface area contributed by atoms with Gasteiger partial charge in [0.2, 0.25) is 0 Å². The Morgan fingerprint density at radius 3 is 2.73 bits per heavy atom. The van der Waals surface area contributed by atoms with Gasteiger partial charge in [-0.3, -0.25) is 0 Å². The third kappa shape index (κ3) is 2.07. The summed E-state index contributed by atoms with van der Waals surface area (Å²) in [5.41, 5.74) is 1.04. The Bertz CT molecular complexity index is 206. The molecular formula is C8H11BO2. The quantitative estimate of drug-likeness (QED) is 0.574. The van der Waals surface area contributed by atoms with E-state index >= 15 is 0 Å². The van der Waals surface area contributed by atoms with E-state index in [0.29, 0.717) is 6.42 Å². The summed E-state index contributed by atoms with van der Waals surface area (Å²) in [6, 6.07) is 0. The molecule has 3 heteroatoms. The van der Waals surface area contributed by atoms with Gasteiger partial charge in [-0.15, -0.1) is 0 Å². The van der Waals surface area contributed by atoms with Crippen LogP contribution in [0.1, 0.15) is 6.42 Å². The maximum atomic E-state index is 8.79. The van der Waals surface area contributed by atoms with Crippen LogP contribution in [0.4, 0.5) is 0 Å². The Kier molecular flexibility index (Phi) is 2.68. The van der Waals surface area contributed by atoms with Crippen LogP contribution in [0.25, 0.3) is 0 Å². The van der Waals surface area contributed by atoms with Crippen molar-refractivity contribution in [2.75, 3.05) is 0 Å². The zero-order valence-electron chi connectivity index (χ0n) is 6.27. The summed E-state index contributed by atoms with van der Waals surface area (Å²) < 4.78 is 0. The molecule has 2 nitrogen and oxygen atoms in total. The zero-order valence-corrected chi connectivity index (χ0v) is 6.27. The van der Waals surface area contributed by atoms with Crippen molar-refractivity contribution in [1.82, 2.24) is 0 Å². The van der Waals surface area contributed by atoms with Gasteiger partial charge in [-0.25, -0.2) is 0 Å². The smallest absolute Gasteiger partial charge is 0.427 e. The molecule has 0 spiro atoms. The summed E-state index contributed by atoms with van der Waals surface area (Å²) in [6.07, 6.45) is 8.01. The third-order valence-corrected chi connectivity index (χ3v) is 1.78. The Morgan fingerprint density at radius 2 is 2.36 bits per heavy atom. The highest BCUT2D eigenvalue weighted by Gasteiger charge is 2.20. The molecule has 0 aromatic heterocycles. The van der Waals surface area contributed by atoms with Crippen LogP contribution in [0, 0.1) is 0 Å². The first-order valence-electron chi connectivity index (χ1n) is 3.61. The maximum Gasteiger partial charge on any atom is 0.459 e. The normalized spacial score (nSPS) is 22.7. The van der Waals surface area contributed by atoms with Crippen LogP contribution in [0.5, 0.6) is 0 Å². The molecule has 0 fully saturated rings. The molecule has 1 aliphatic carbocycles. The molecule has 0 aromatic rings. The molecular weight excluding hydrogens is 139 g/mol. The number of hydrogen-bond donors (Lipinski definition) is 2. The lowest BCUT2D eigenvalue weighted by Crippen LogP contribution is -2.19. The summed E-state index contributed by atoms with van der Waals surface area (Å²) >= 11 is 0. The van der Waals surface area contributed by atoms with Crippen molar-refractivity contribution in [1.29, 1.82) is 0 Å². The maximum absolute atomic E-state index is 8.79. The second kappa shape index (κ2) is 3.55. The number of allylic oxidation sites excluding steroid dienone is 5. The van der Waals surface area contributed by atoms with Crippen molar-refractivity contribution >= 4 is 7.12 Å². The summed E-state index contributed by atoms with van der Waals surface area (Å²) in [5.74, 6) is -0.154. The Hall–Kier alpha value is -0.795. The first kappa shape index (κ1) is 8.30. The Labute approximate surface area is 66.7 Å². The van der Waals surface area contributed by atoms with Gasteiger partial charge in [0.1, 0.15) is 0 Å². The SMILES string of the molecule is C=CC1=CCC(B(O)O)C=C1. The topological polar surface area (TPSA) is 40.5 Å². The second-order valence-corrected chi connectivity index (χ2v) is 2.58. The molecule has 1 atom stereocenters. The molecule has 1 rings (SSSR count). The van der Waals surface area contributed by atoms with Gasteiger partial charge >= 0.3 is 7.12 Å². The van der Waals surface area contributed by atoms with Crippen molar-refractivity contribution in [2.24, 2.45) is 0 Å². The van der Waals surface area contributed by atoms with Crippen molar-refractivity contribution in [2.45, 2.75) is 12.2 Å². The fraction of sp³-hybridized carbons (Fsp3) is 0.250. The Morgan fingerprint density at radius 1 is 1.64 bits per heavy atom. The molecule has 11 heavy (non-hydrogen) atoms. The molecule has 0 radical (unpaired) electrons. The highest BCUT2D eigenvalue weighted by molar-refractivity contribution is 6.44. The minimum absolute atomic E-state index is 0.154. The highest BCUT2D eigenvalue weighted by Crippen LogP contribution is 2.22. The fourth-order valence-electron chi connectivity index (χ4n) is 1.03.